The molecule has 0 aliphatic heterocycles. The predicted octanol–water partition coefficient (Wildman–Crippen LogP) is 3.79. The molecular weight excluding hydrogens is 216 g/mol. The number of Topliss-reactive ketones (excluding diaryl/α,β-unsaturated/α-hetero) is 1. The lowest BCUT2D eigenvalue weighted by Gasteiger charge is -1.98. The van der Waals surface area contributed by atoms with E-state index in [9.17, 15) is 4.79 Å². The van der Waals surface area contributed by atoms with Crippen molar-refractivity contribution >= 4 is 17.1 Å². The fraction of sp³-hybridized carbons (Fsp3) is 0.214. The topological polar surface area (TPSA) is 17.1 Å². The van der Waals surface area contributed by atoms with E-state index in [4.69, 9.17) is 0 Å². The molecule has 1 nitrogen and oxygen atoms in total. The number of fused-ring (bicyclic) bond motifs is 1. The highest BCUT2D eigenvalue weighted by Gasteiger charge is 2.29. The van der Waals surface area contributed by atoms with Gasteiger partial charge in [0.05, 0.1) is 0 Å². The normalized spacial score (nSPS) is 18.8. The Bertz CT molecular complexity index is 539. The monoisotopic (exact) mass is 228 g/mol. The minimum absolute atomic E-state index is 0.186. The van der Waals surface area contributed by atoms with Crippen molar-refractivity contribution in [3.8, 4) is 10.4 Å². The Morgan fingerprint density at radius 1 is 1.25 bits per heavy atom. The Morgan fingerprint density at radius 3 is 2.69 bits per heavy atom. The Morgan fingerprint density at radius 2 is 2.00 bits per heavy atom. The summed E-state index contributed by atoms with van der Waals surface area (Å²) in [6.07, 6.45) is 0.922. The summed E-state index contributed by atoms with van der Waals surface area (Å²) in [6.45, 7) is 2.01. The van der Waals surface area contributed by atoms with E-state index in [0.717, 1.165) is 12.0 Å². The van der Waals surface area contributed by atoms with Gasteiger partial charge in [0.25, 0.3) is 0 Å². The van der Waals surface area contributed by atoms with Crippen molar-refractivity contribution in [1.29, 1.82) is 0 Å². The summed E-state index contributed by atoms with van der Waals surface area (Å²) in [4.78, 5) is 14.3. The molecule has 0 spiro atoms. The second-order valence-corrected chi connectivity index (χ2v) is 5.42. The standard InChI is InChI=1S/C14H12OS/c1-9-7-13-11(14(9)15)8-12(16-13)10-5-3-2-4-6-10/h2-6,8-9H,7H2,1H3/t9-/m1/s1. The molecule has 1 heterocycles. The summed E-state index contributed by atoms with van der Waals surface area (Å²) in [7, 11) is 0. The third kappa shape index (κ3) is 1.41. The molecule has 0 amide bonds. The van der Waals surface area contributed by atoms with Crippen molar-refractivity contribution in [2.45, 2.75) is 13.3 Å². The maximum Gasteiger partial charge on any atom is 0.167 e. The summed E-state index contributed by atoms with van der Waals surface area (Å²) in [6, 6.07) is 12.3. The Balaban J connectivity index is 2.06. The van der Waals surface area contributed by atoms with Crippen LogP contribution in [-0.2, 0) is 6.42 Å². The van der Waals surface area contributed by atoms with E-state index >= 15 is 0 Å². The maximum atomic E-state index is 11.8. The zero-order valence-electron chi connectivity index (χ0n) is 9.07. The quantitative estimate of drug-likeness (QED) is 0.725. The summed E-state index contributed by atoms with van der Waals surface area (Å²) in [5, 5.41) is 0. The predicted molar refractivity (Wildman–Crippen MR) is 67.0 cm³/mol. The summed E-state index contributed by atoms with van der Waals surface area (Å²) >= 11 is 1.76. The first-order chi connectivity index (χ1) is 7.75. The molecular formula is C14H12OS. The molecule has 0 saturated carbocycles. The van der Waals surface area contributed by atoms with Crippen LogP contribution in [0.15, 0.2) is 36.4 Å². The summed E-state index contributed by atoms with van der Waals surface area (Å²) in [5.41, 5.74) is 2.17. The molecule has 1 aromatic heterocycles. The molecule has 1 atom stereocenters. The van der Waals surface area contributed by atoms with Gasteiger partial charge in [-0.25, -0.2) is 0 Å². The molecule has 3 rings (SSSR count). The van der Waals surface area contributed by atoms with Gasteiger partial charge in [0.15, 0.2) is 5.78 Å². The van der Waals surface area contributed by atoms with Crippen molar-refractivity contribution < 1.29 is 4.79 Å². The van der Waals surface area contributed by atoms with Crippen LogP contribution in [0.4, 0.5) is 0 Å². The largest absolute Gasteiger partial charge is 0.294 e. The van der Waals surface area contributed by atoms with E-state index in [1.165, 1.54) is 15.3 Å². The van der Waals surface area contributed by atoms with Crippen molar-refractivity contribution in [2.24, 2.45) is 5.92 Å². The maximum absolute atomic E-state index is 11.8. The molecule has 16 heavy (non-hydrogen) atoms. The second-order valence-electron chi connectivity index (χ2n) is 4.28. The van der Waals surface area contributed by atoms with E-state index < -0.39 is 0 Å². The SMILES string of the molecule is C[C@@H]1Cc2sc(-c3ccccc3)cc2C1=O. The van der Waals surface area contributed by atoms with E-state index in [1.54, 1.807) is 11.3 Å². The van der Waals surface area contributed by atoms with Gasteiger partial charge in [-0.3, -0.25) is 4.79 Å². The molecule has 1 aliphatic carbocycles. The Labute approximate surface area is 98.7 Å². The van der Waals surface area contributed by atoms with Crippen LogP contribution in [0.25, 0.3) is 10.4 Å². The molecule has 0 N–H and O–H groups in total. The van der Waals surface area contributed by atoms with Crippen molar-refractivity contribution in [3.63, 3.8) is 0 Å². The van der Waals surface area contributed by atoms with Crippen LogP contribution in [0, 0.1) is 5.92 Å². The van der Waals surface area contributed by atoms with E-state index in [-0.39, 0.29) is 5.92 Å². The third-order valence-electron chi connectivity index (χ3n) is 3.07. The number of rotatable bonds is 1. The number of ketones is 1. The molecule has 0 saturated heterocycles. The number of carbonyl (C=O) groups is 1. The van der Waals surface area contributed by atoms with E-state index in [0.29, 0.717) is 5.78 Å². The van der Waals surface area contributed by atoms with Crippen LogP contribution in [0.3, 0.4) is 0 Å². The van der Waals surface area contributed by atoms with Gasteiger partial charge in [-0.15, -0.1) is 11.3 Å². The van der Waals surface area contributed by atoms with Crippen molar-refractivity contribution in [1.82, 2.24) is 0 Å². The molecule has 1 aliphatic rings. The third-order valence-corrected chi connectivity index (χ3v) is 4.28. The Hall–Kier alpha value is -1.41. The van der Waals surface area contributed by atoms with Crippen LogP contribution in [-0.4, -0.2) is 5.78 Å². The fourth-order valence-corrected chi connectivity index (χ4v) is 3.47. The average Bonchev–Trinajstić information content (AvgIpc) is 2.82. The smallest absolute Gasteiger partial charge is 0.167 e. The lowest BCUT2D eigenvalue weighted by Crippen LogP contribution is -2.02. The molecule has 1 aromatic carbocycles. The summed E-state index contributed by atoms with van der Waals surface area (Å²) in [5.74, 6) is 0.500. The van der Waals surface area contributed by atoms with Gasteiger partial charge in [-0.05, 0) is 18.1 Å². The van der Waals surface area contributed by atoms with Crippen LogP contribution in [0.1, 0.15) is 22.2 Å². The van der Waals surface area contributed by atoms with Crippen LogP contribution < -0.4 is 0 Å². The molecule has 2 aromatic rings. The molecule has 0 unspecified atom stereocenters. The van der Waals surface area contributed by atoms with Gasteiger partial charge in [-0.1, -0.05) is 37.3 Å². The Kier molecular flexibility index (Phi) is 2.18. The van der Waals surface area contributed by atoms with Crippen molar-refractivity contribution in [3.05, 3.63) is 46.8 Å². The minimum Gasteiger partial charge on any atom is -0.294 e. The van der Waals surface area contributed by atoms with Gasteiger partial charge in [0, 0.05) is 21.2 Å². The van der Waals surface area contributed by atoms with Gasteiger partial charge in [0.1, 0.15) is 0 Å². The first kappa shape index (κ1) is 9.79. The highest BCUT2D eigenvalue weighted by Crippen LogP contribution is 2.38. The van der Waals surface area contributed by atoms with Crippen LogP contribution in [0.5, 0.6) is 0 Å². The number of benzene rings is 1. The zero-order chi connectivity index (χ0) is 11.1. The van der Waals surface area contributed by atoms with Gasteiger partial charge < -0.3 is 0 Å². The summed E-state index contributed by atoms with van der Waals surface area (Å²) < 4.78 is 0. The average molecular weight is 228 g/mol. The molecule has 0 radical (unpaired) electrons. The lowest BCUT2D eigenvalue weighted by atomic mass is 10.1. The number of carbonyl (C=O) groups excluding carboxylic acids is 1. The zero-order valence-corrected chi connectivity index (χ0v) is 9.88. The molecule has 0 bridgehead atoms. The van der Waals surface area contributed by atoms with Crippen LogP contribution in [0.2, 0.25) is 0 Å². The molecule has 2 heteroatoms. The fourth-order valence-electron chi connectivity index (χ4n) is 2.17. The number of hydrogen-bond donors (Lipinski definition) is 0. The number of thiophene rings is 1. The van der Waals surface area contributed by atoms with Crippen molar-refractivity contribution in [2.75, 3.05) is 0 Å². The first-order valence-corrected chi connectivity index (χ1v) is 6.29. The van der Waals surface area contributed by atoms with Gasteiger partial charge >= 0.3 is 0 Å². The van der Waals surface area contributed by atoms with Crippen LogP contribution >= 0.6 is 11.3 Å². The molecule has 0 fully saturated rings. The lowest BCUT2D eigenvalue weighted by molar-refractivity contribution is 0.0946. The molecule has 80 valence electrons. The highest BCUT2D eigenvalue weighted by atomic mass is 32.1. The first-order valence-electron chi connectivity index (χ1n) is 5.48. The van der Waals surface area contributed by atoms with E-state index in [1.807, 2.05) is 25.1 Å². The van der Waals surface area contributed by atoms with Gasteiger partial charge in [-0.2, -0.15) is 0 Å². The van der Waals surface area contributed by atoms with Gasteiger partial charge in [0.2, 0.25) is 0 Å². The van der Waals surface area contributed by atoms with E-state index in [2.05, 4.69) is 18.2 Å². The number of hydrogen-bond acceptors (Lipinski definition) is 2. The highest BCUT2D eigenvalue weighted by molar-refractivity contribution is 7.16. The minimum atomic E-state index is 0.186. The second kappa shape index (κ2) is 3.56.